The number of aliphatic hydroxyl groups excluding tert-OH is 1. The molecule has 4 heteroatoms. The second kappa shape index (κ2) is 3.04. The molecule has 1 aliphatic rings. The first kappa shape index (κ1) is 9.12. The summed E-state index contributed by atoms with van der Waals surface area (Å²) in [6, 6.07) is 0. The van der Waals surface area contributed by atoms with Gasteiger partial charge >= 0.3 is 0 Å². The van der Waals surface area contributed by atoms with Crippen molar-refractivity contribution in [3.63, 3.8) is 0 Å². The van der Waals surface area contributed by atoms with Gasteiger partial charge < -0.3 is 9.84 Å². The predicted molar refractivity (Wildman–Crippen MR) is 51.2 cm³/mol. The van der Waals surface area contributed by atoms with Crippen molar-refractivity contribution in [2.24, 2.45) is 0 Å². The normalized spacial score (nSPS) is 19.9. The van der Waals surface area contributed by atoms with E-state index in [-0.39, 0.29) is 12.0 Å². The maximum atomic E-state index is 9.32. The lowest BCUT2D eigenvalue weighted by Gasteiger charge is -2.39. The summed E-state index contributed by atoms with van der Waals surface area (Å²) in [4.78, 5) is 5.55. The minimum Gasteiger partial charge on any atom is -0.395 e. The van der Waals surface area contributed by atoms with Crippen molar-refractivity contribution in [2.45, 2.75) is 19.3 Å². The first-order chi connectivity index (χ1) is 6.18. The van der Waals surface area contributed by atoms with Gasteiger partial charge in [0.15, 0.2) is 0 Å². The van der Waals surface area contributed by atoms with Crippen LogP contribution in [0.1, 0.15) is 15.6 Å². The van der Waals surface area contributed by atoms with E-state index < -0.39 is 0 Å². The lowest BCUT2D eigenvalue weighted by molar-refractivity contribution is -0.0827. The molecule has 0 bridgehead atoms. The van der Waals surface area contributed by atoms with Gasteiger partial charge in [-0.1, -0.05) is 0 Å². The molecule has 1 N–H and O–H groups in total. The number of aromatic nitrogens is 1. The predicted octanol–water partition coefficient (Wildman–Crippen LogP) is 1.02. The zero-order valence-electron chi connectivity index (χ0n) is 7.83. The Hall–Kier alpha value is -0.450. The molecule has 0 unspecified atom stereocenters. The molecule has 0 spiro atoms. The molecular formula is C9H13NO2S. The molecule has 0 radical (unpaired) electrons. The van der Waals surface area contributed by atoms with Gasteiger partial charge in [-0.2, -0.15) is 0 Å². The van der Waals surface area contributed by atoms with E-state index >= 15 is 0 Å². The lowest BCUT2D eigenvalue weighted by atomic mass is 9.84. The van der Waals surface area contributed by atoms with Gasteiger partial charge in [-0.05, 0) is 13.8 Å². The van der Waals surface area contributed by atoms with Crippen molar-refractivity contribution in [2.75, 3.05) is 19.8 Å². The molecule has 72 valence electrons. The number of hydrogen-bond acceptors (Lipinski definition) is 4. The first-order valence-electron chi connectivity index (χ1n) is 4.31. The summed E-state index contributed by atoms with van der Waals surface area (Å²) >= 11 is 1.67. The molecule has 13 heavy (non-hydrogen) atoms. The van der Waals surface area contributed by atoms with Crippen molar-refractivity contribution in [1.29, 1.82) is 0 Å². The molecule has 1 saturated heterocycles. The highest BCUT2D eigenvalue weighted by atomic mass is 32.1. The van der Waals surface area contributed by atoms with E-state index in [1.165, 1.54) is 4.88 Å². The molecule has 1 fully saturated rings. The fourth-order valence-corrected chi connectivity index (χ4v) is 2.74. The highest BCUT2D eigenvalue weighted by Gasteiger charge is 2.42. The number of ether oxygens (including phenoxy) is 1. The van der Waals surface area contributed by atoms with Gasteiger partial charge in [0.25, 0.3) is 0 Å². The van der Waals surface area contributed by atoms with Crippen molar-refractivity contribution in [3.8, 4) is 0 Å². The molecule has 0 aromatic carbocycles. The third-order valence-corrected chi connectivity index (χ3v) is 3.76. The number of hydrogen-bond donors (Lipinski definition) is 1. The van der Waals surface area contributed by atoms with Gasteiger partial charge in [0, 0.05) is 4.88 Å². The molecule has 0 amide bonds. The average Bonchev–Trinajstić information content (AvgIpc) is 2.30. The number of rotatable bonds is 2. The Balaban J connectivity index is 2.37. The van der Waals surface area contributed by atoms with E-state index in [2.05, 4.69) is 4.98 Å². The van der Waals surface area contributed by atoms with Crippen LogP contribution in [0.2, 0.25) is 0 Å². The van der Waals surface area contributed by atoms with Crippen molar-refractivity contribution in [3.05, 3.63) is 15.6 Å². The minimum absolute atomic E-state index is 0.143. The number of aryl methyl sites for hydroxylation is 2. The zero-order chi connectivity index (χ0) is 9.47. The summed E-state index contributed by atoms with van der Waals surface area (Å²) in [5, 5.41) is 10.4. The molecule has 0 aliphatic carbocycles. The Labute approximate surface area is 81.4 Å². The van der Waals surface area contributed by atoms with Crippen LogP contribution >= 0.6 is 11.3 Å². The molecular weight excluding hydrogens is 186 g/mol. The van der Waals surface area contributed by atoms with Crippen LogP contribution in [0.15, 0.2) is 0 Å². The summed E-state index contributed by atoms with van der Waals surface area (Å²) in [5.41, 5.74) is 0.899. The Morgan fingerprint density at radius 2 is 2.23 bits per heavy atom. The smallest absolute Gasteiger partial charge is 0.0900 e. The molecule has 0 saturated carbocycles. The van der Waals surface area contributed by atoms with E-state index in [1.807, 2.05) is 13.8 Å². The number of aliphatic hydroxyl groups is 1. The topological polar surface area (TPSA) is 42.4 Å². The fourth-order valence-electron chi connectivity index (χ4n) is 1.67. The van der Waals surface area contributed by atoms with Crippen LogP contribution in [-0.2, 0) is 10.2 Å². The molecule has 0 atom stereocenters. The number of thiazole rings is 1. The lowest BCUT2D eigenvalue weighted by Crippen LogP contribution is -2.49. The monoisotopic (exact) mass is 199 g/mol. The first-order valence-corrected chi connectivity index (χ1v) is 5.13. The zero-order valence-corrected chi connectivity index (χ0v) is 8.65. The van der Waals surface area contributed by atoms with Gasteiger partial charge in [-0.3, -0.25) is 0 Å². The molecule has 2 rings (SSSR count). The van der Waals surface area contributed by atoms with Crippen LogP contribution in [0.5, 0.6) is 0 Å². The van der Waals surface area contributed by atoms with Crippen LogP contribution in [0, 0.1) is 13.8 Å². The maximum absolute atomic E-state index is 9.32. The Kier molecular flexibility index (Phi) is 2.14. The molecule has 1 aliphatic heterocycles. The minimum atomic E-state index is -0.143. The van der Waals surface area contributed by atoms with Crippen molar-refractivity contribution in [1.82, 2.24) is 4.98 Å². The molecule has 1 aromatic heterocycles. The molecule has 1 aromatic rings. The van der Waals surface area contributed by atoms with Crippen LogP contribution in [-0.4, -0.2) is 29.9 Å². The van der Waals surface area contributed by atoms with Gasteiger partial charge in [0.2, 0.25) is 0 Å². The second-order valence-electron chi connectivity index (χ2n) is 3.58. The van der Waals surface area contributed by atoms with E-state index in [0.717, 1.165) is 10.7 Å². The molecule has 3 nitrogen and oxygen atoms in total. The van der Waals surface area contributed by atoms with Gasteiger partial charge in [-0.25, -0.2) is 4.98 Å². The Bertz CT molecular complexity index is 312. The van der Waals surface area contributed by atoms with Crippen LogP contribution in [0.25, 0.3) is 0 Å². The van der Waals surface area contributed by atoms with E-state index in [0.29, 0.717) is 13.2 Å². The maximum Gasteiger partial charge on any atom is 0.0900 e. The fraction of sp³-hybridized carbons (Fsp3) is 0.667. The SMILES string of the molecule is Cc1nc(C)c(C2(CO)COC2)s1. The third-order valence-electron chi connectivity index (χ3n) is 2.44. The Morgan fingerprint density at radius 3 is 2.54 bits per heavy atom. The quantitative estimate of drug-likeness (QED) is 0.773. The van der Waals surface area contributed by atoms with E-state index in [1.54, 1.807) is 11.3 Å². The summed E-state index contributed by atoms with van der Waals surface area (Å²) in [7, 11) is 0. The highest BCUT2D eigenvalue weighted by molar-refractivity contribution is 7.11. The largest absolute Gasteiger partial charge is 0.395 e. The molecule has 2 heterocycles. The van der Waals surface area contributed by atoms with Gasteiger partial charge in [0.05, 0.1) is 35.9 Å². The van der Waals surface area contributed by atoms with Crippen LogP contribution < -0.4 is 0 Å². The van der Waals surface area contributed by atoms with Gasteiger partial charge in [0.1, 0.15) is 0 Å². The highest BCUT2D eigenvalue weighted by Crippen LogP contribution is 2.37. The third kappa shape index (κ3) is 1.29. The van der Waals surface area contributed by atoms with Crippen molar-refractivity contribution < 1.29 is 9.84 Å². The van der Waals surface area contributed by atoms with Crippen LogP contribution in [0.3, 0.4) is 0 Å². The average molecular weight is 199 g/mol. The summed E-state index contributed by atoms with van der Waals surface area (Å²) in [6.45, 7) is 5.41. The number of nitrogens with zero attached hydrogens (tertiary/aromatic N) is 1. The van der Waals surface area contributed by atoms with Gasteiger partial charge in [-0.15, -0.1) is 11.3 Å². The summed E-state index contributed by atoms with van der Waals surface area (Å²) in [5.74, 6) is 0. The summed E-state index contributed by atoms with van der Waals surface area (Å²) < 4.78 is 5.17. The summed E-state index contributed by atoms with van der Waals surface area (Å²) in [6.07, 6.45) is 0. The Morgan fingerprint density at radius 1 is 1.54 bits per heavy atom. The van der Waals surface area contributed by atoms with E-state index in [9.17, 15) is 5.11 Å². The standard InChI is InChI=1S/C9H13NO2S/c1-6-8(13-7(2)10-6)9(3-11)4-12-5-9/h11H,3-5H2,1-2H3. The van der Waals surface area contributed by atoms with E-state index in [4.69, 9.17) is 4.74 Å². The second-order valence-corrected chi connectivity index (χ2v) is 4.78. The van der Waals surface area contributed by atoms with Crippen molar-refractivity contribution >= 4 is 11.3 Å². The van der Waals surface area contributed by atoms with Crippen LogP contribution in [0.4, 0.5) is 0 Å².